The minimum Gasteiger partial charge on any atom is -0.469 e. The number of carbonyl (C=O) groups is 1. The Morgan fingerprint density at radius 1 is 1.62 bits per heavy atom. The molecule has 0 radical (unpaired) electrons. The summed E-state index contributed by atoms with van der Waals surface area (Å²) in [5.74, 6) is -0.349. The number of carbonyl (C=O) groups excluding carboxylic acids is 1. The van der Waals surface area contributed by atoms with Gasteiger partial charge in [-0.05, 0) is 23.8 Å². The molecule has 1 aromatic rings. The van der Waals surface area contributed by atoms with E-state index in [2.05, 4.69) is 20.7 Å². The number of hydrogen-bond donors (Lipinski definition) is 1. The molecule has 90 valence electrons. The van der Waals surface area contributed by atoms with Crippen molar-refractivity contribution in [3.63, 3.8) is 0 Å². The van der Waals surface area contributed by atoms with E-state index >= 15 is 0 Å². The van der Waals surface area contributed by atoms with E-state index in [0.717, 1.165) is 10.0 Å². The standard InChI is InChI=1S/C10H11BrClNO2.ClH/c1-15-10(14)5-9(13)7-4-6(11)2-3-8(7)12;/h2-4,9H,5,13H2,1H3;1H/t9-;/m0./s1. The summed E-state index contributed by atoms with van der Waals surface area (Å²) in [6.07, 6.45) is 0.118. The van der Waals surface area contributed by atoms with Gasteiger partial charge in [-0.2, -0.15) is 0 Å². The minimum atomic E-state index is -0.442. The first-order chi connectivity index (χ1) is 7.04. The van der Waals surface area contributed by atoms with Gasteiger partial charge in [0.05, 0.1) is 13.5 Å². The topological polar surface area (TPSA) is 52.3 Å². The van der Waals surface area contributed by atoms with Crippen LogP contribution in [0.15, 0.2) is 22.7 Å². The third-order valence-electron chi connectivity index (χ3n) is 1.97. The highest BCUT2D eigenvalue weighted by molar-refractivity contribution is 9.10. The summed E-state index contributed by atoms with van der Waals surface area (Å²) in [6.45, 7) is 0. The smallest absolute Gasteiger partial charge is 0.307 e. The van der Waals surface area contributed by atoms with Crippen LogP contribution in [0.1, 0.15) is 18.0 Å². The van der Waals surface area contributed by atoms with E-state index in [1.807, 2.05) is 6.07 Å². The number of nitrogens with two attached hydrogens (primary N) is 1. The van der Waals surface area contributed by atoms with Gasteiger partial charge >= 0.3 is 5.97 Å². The van der Waals surface area contributed by atoms with Crippen LogP contribution in [0.2, 0.25) is 5.02 Å². The summed E-state index contributed by atoms with van der Waals surface area (Å²) in [7, 11) is 1.33. The first-order valence-corrected chi connectivity index (χ1v) is 5.49. The monoisotopic (exact) mass is 327 g/mol. The Morgan fingerprint density at radius 2 is 2.25 bits per heavy atom. The second-order valence-electron chi connectivity index (χ2n) is 3.05. The maximum atomic E-state index is 11.0. The number of esters is 1. The predicted molar refractivity (Wildman–Crippen MR) is 70.0 cm³/mol. The second kappa shape index (κ2) is 7.12. The molecule has 0 amide bonds. The van der Waals surface area contributed by atoms with Crippen LogP contribution < -0.4 is 5.73 Å². The van der Waals surface area contributed by atoms with Gasteiger partial charge in [0, 0.05) is 15.5 Å². The van der Waals surface area contributed by atoms with Crippen LogP contribution in [0.3, 0.4) is 0 Å². The second-order valence-corrected chi connectivity index (χ2v) is 4.38. The van der Waals surface area contributed by atoms with Crippen LogP contribution in [0, 0.1) is 0 Å². The van der Waals surface area contributed by atoms with Crippen LogP contribution in [-0.4, -0.2) is 13.1 Å². The average molecular weight is 329 g/mol. The lowest BCUT2D eigenvalue weighted by Gasteiger charge is -2.12. The van der Waals surface area contributed by atoms with Gasteiger partial charge in [0.15, 0.2) is 0 Å². The third kappa shape index (κ3) is 4.29. The molecule has 0 aromatic heterocycles. The van der Waals surface area contributed by atoms with Crippen LogP contribution in [0.25, 0.3) is 0 Å². The van der Waals surface area contributed by atoms with Gasteiger partial charge in [-0.1, -0.05) is 27.5 Å². The Kier molecular flexibility index (Phi) is 6.99. The Hall–Kier alpha value is -0.290. The molecule has 0 aliphatic rings. The highest BCUT2D eigenvalue weighted by Crippen LogP contribution is 2.27. The fourth-order valence-electron chi connectivity index (χ4n) is 1.17. The highest BCUT2D eigenvalue weighted by Gasteiger charge is 2.14. The number of hydrogen-bond acceptors (Lipinski definition) is 3. The first kappa shape index (κ1) is 15.7. The van der Waals surface area contributed by atoms with Gasteiger partial charge < -0.3 is 10.5 Å². The summed E-state index contributed by atoms with van der Waals surface area (Å²) in [6, 6.07) is 4.91. The average Bonchev–Trinajstić information content (AvgIpc) is 2.21. The Morgan fingerprint density at radius 3 is 2.81 bits per heavy atom. The van der Waals surface area contributed by atoms with E-state index < -0.39 is 6.04 Å². The van der Waals surface area contributed by atoms with Gasteiger partial charge in [-0.15, -0.1) is 12.4 Å². The van der Waals surface area contributed by atoms with Crippen molar-refractivity contribution < 1.29 is 9.53 Å². The molecule has 1 rings (SSSR count). The Bertz CT molecular complexity index is 374. The van der Waals surface area contributed by atoms with Crippen LogP contribution in [0.5, 0.6) is 0 Å². The third-order valence-corrected chi connectivity index (χ3v) is 2.81. The summed E-state index contributed by atoms with van der Waals surface area (Å²) < 4.78 is 5.42. The van der Waals surface area contributed by atoms with Crippen molar-refractivity contribution in [1.82, 2.24) is 0 Å². The molecule has 0 saturated heterocycles. The first-order valence-electron chi connectivity index (χ1n) is 4.32. The Balaban J connectivity index is 0.00000225. The van der Waals surface area contributed by atoms with E-state index in [1.165, 1.54) is 7.11 Å². The molecule has 0 fully saturated rings. The zero-order valence-corrected chi connectivity index (χ0v) is 11.7. The lowest BCUT2D eigenvalue weighted by Crippen LogP contribution is -2.16. The van der Waals surface area contributed by atoms with Crippen molar-refractivity contribution in [3.8, 4) is 0 Å². The van der Waals surface area contributed by atoms with Crippen LogP contribution >= 0.6 is 39.9 Å². The maximum absolute atomic E-state index is 11.0. The lowest BCUT2D eigenvalue weighted by atomic mass is 10.1. The molecule has 0 aliphatic heterocycles. The van der Waals surface area contributed by atoms with E-state index in [4.69, 9.17) is 17.3 Å². The quantitative estimate of drug-likeness (QED) is 0.867. The zero-order chi connectivity index (χ0) is 11.4. The summed E-state index contributed by atoms with van der Waals surface area (Å²) in [5.41, 5.74) is 6.57. The summed E-state index contributed by atoms with van der Waals surface area (Å²) in [5, 5.41) is 0.551. The maximum Gasteiger partial charge on any atom is 0.307 e. The molecule has 0 spiro atoms. The number of rotatable bonds is 3. The molecule has 0 unspecified atom stereocenters. The number of ether oxygens (including phenoxy) is 1. The fraction of sp³-hybridized carbons (Fsp3) is 0.300. The Labute approximate surface area is 114 Å². The molecule has 0 bridgehead atoms. The summed E-state index contributed by atoms with van der Waals surface area (Å²) in [4.78, 5) is 11.0. The molecule has 0 aliphatic carbocycles. The number of benzene rings is 1. The molecule has 3 nitrogen and oxygen atoms in total. The van der Waals surface area contributed by atoms with Crippen molar-refractivity contribution in [1.29, 1.82) is 0 Å². The van der Waals surface area contributed by atoms with Crippen molar-refractivity contribution in [2.75, 3.05) is 7.11 Å². The lowest BCUT2D eigenvalue weighted by molar-refractivity contribution is -0.141. The van der Waals surface area contributed by atoms with Gasteiger partial charge in [0.1, 0.15) is 0 Å². The van der Waals surface area contributed by atoms with Crippen molar-refractivity contribution in [2.45, 2.75) is 12.5 Å². The van der Waals surface area contributed by atoms with Gasteiger partial charge in [0.25, 0.3) is 0 Å². The van der Waals surface area contributed by atoms with E-state index in [1.54, 1.807) is 12.1 Å². The van der Waals surface area contributed by atoms with E-state index in [-0.39, 0.29) is 24.8 Å². The zero-order valence-electron chi connectivity index (χ0n) is 8.57. The van der Waals surface area contributed by atoms with Crippen LogP contribution in [0.4, 0.5) is 0 Å². The molecule has 0 heterocycles. The molecular formula is C10H12BrCl2NO2. The number of halogens is 3. The molecule has 0 saturated carbocycles. The molecule has 2 N–H and O–H groups in total. The largest absolute Gasteiger partial charge is 0.469 e. The normalized spacial score (nSPS) is 11.5. The SMILES string of the molecule is COC(=O)C[C@H](N)c1cc(Br)ccc1Cl.Cl. The summed E-state index contributed by atoms with van der Waals surface area (Å²) >= 11 is 9.28. The van der Waals surface area contributed by atoms with Crippen molar-refractivity contribution in [3.05, 3.63) is 33.3 Å². The molecule has 6 heteroatoms. The fourth-order valence-corrected chi connectivity index (χ4v) is 1.81. The molecule has 1 aromatic carbocycles. The van der Waals surface area contributed by atoms with Gasteiger partial charge in [0.2, 0.25) is 0 Å². The molecule has 1 atom stereocenters. The number of methoxy groups -OCH3 is 1. The highest BCUT2D eigenvalue weighted by atomic mass is 79.9. The molecular weight excluding hydrogens is 317 g/mol. The minimum absolute atomic E-state index is 0. The van der Waals surface area contributed by atoms with Crippen molar-refractivity contribution in [2.24, 2.45) is 5.73 Å². The predicted octanol–water partition coefficient (Wildman–Crippen LogP) is 3.09. The van der Waals surface area contributed by atoms with Gasteiger partial charge in [-0.3, -0.25) is 4.79 Å². The molecule has 16 heavy (non-hydrogen) atoms. The van der Waals surface area contributed by atoms with Gasteiger partial charge in [-0.25, -0.2) is 0 Å². The van der Waals surface area contributed by atoms with Crippen LogP contribution in [-0.2, 0) is 9.53 Å². The van der Waals surface area contributed by atoms with E-state index in [0.29, 0.717) is 5.02 Å². The van der Waals surface area contributed by atoms with E-state index in [9.17, 15) is 4.79 Å². The van der Waals surface area contributed by atoms with Crippen molar-refractivity contribution >= 4 is 45.9 Å².